The monoisotopic (exact) mass is 374 g/mol. The smallest absolute Gasteiger partial charge is 0.306 e. The molecule has 27 heavy (non-hydrogen) atoms. The van der Waals surface area contributed by atoms with Gasteiger partial charge in [-0.1, -0.05) is 121 Å². The largest absolute Gasteiger partial charge is 0.458 e. The van der Waals surface area contributed by atoms with E-state index in [1.54, 1.807) is 0 Å². The predicted molar refractivity (Wildman–Crippen MR) is 116 cm³/mol. The van der Waals surface area contributed by atoms with Crippen LogP contribution in [-0.4, -0.2) is 5.97 Å². The lowest BCUT2D eigenvalue weighted by molar-refractivity contribution is -0.148. The number of esters is 1. The number of unbranched alkanes of at least 4 members (excludes halogenated alkanes) is 13. The summed E-state index contributed by atoms with van der Waals surface area (Å²) < 4.78 is 5.51. The van der Waals surface area contributed by atoms with Crippen LogP contribution in [0.4, 0.5) is 0 Å². The van der Waals surface area contributed by atoms with Gasteiger partial charge < -0.3 is 4.74 Å². The Morgan fingerprint density at radius 1 is 0.741 bits per heavy atom. The SMILES string of the molecule is CCCCCCCCCCCCCCCCC(=O)O[C@H](C)c1ccccc1. The number of rotatable bonds is 17. The van der Waals surface area contributed by atoms with Crippen molar-refractivity contribution >= 4 is 5.97 Å². The Bertz CT molecular complexity index is 455. The Morgan fingerprint density at radius 2 is 1.19 bits per heavy atom. The molecule has 1 aromatic rings. The van der Waals surface area contributed by atoms with Crippen LogP contribution in [0.1, 0.15) is 122 Å². The molecule has 0 aromatic heterocycles. The summed E-state index contributed by atoms with van der Waals surface area (Å²) in [6.45, 7) is 4.22. The van der Waals surface area contributed by atoms with E-state index in [2.05, 4.69) is 6.92 Å². The van der Waals surface area contributed by atoms with E-state index in [-0.39, 0.29) is 12.1 Å². The molecule has 0 unspecified atom stereocenters. The van der Waals surface area contributed by atoms with Crippen molar-refractivity contribution in [2.45, 2.75) is 116 Å². The van der Waals surface area contributed by atoms with Gasteiger partial charge in [-0.25, -0.2) is 0 Å². The third-order valence-electron chi connectivity index (χ3n) is 5.31. The van der Waals surface area contributed by atoms with Crippen molar-refractivity contribution in [2.24, 2.45) is 0 Å². The van der Waals surface area contributed by atoms with Crippen LogP contribution >= 0.6 is 0 Å². The quantitative estimate of drug-likeness (QED) is 0.203. The van der Waals surface area contributed by atoms with Gasteiger partial charge in [-0.2, -0.15) is 0 Å². The molecule has 0 saturated carbocycles. The van der Waals surface area contributed by atoms with Gasteiger partial charge in [0, 0.05) is 6.42 Å². The molecule has 0 bridgehead atoms. The van der Waals surface area contributed by atoms with Crippen molar-refractivity contribution in [3.05, 3.63) is 35.9 Å². The van der Waals surface area contributed by atoms with Gasteiger partial charge in [-0.3, -0.25) is 4.79 Å². The van der Waals surface area contributed by atoms with Crippen molar-refractivity contribution < 1.29 is 9.53 Å². The van der Waals surface area contributed by atoms with E-state index in [1.165, 1.54) is 77.0 Å². The minimum atomic E-state index is -0.148. The first-order valence-electron chi connectivity index (χ1n) is 11.5. The average Bonchev–Trinajstić information content (AvgIpc) is 2.69. The predicted octanol–water partition coefficient (Wildman–Crippen LogP) is 8.16. The fraction of sp³-hybridized carbons (Fsp3) is 0.720. The highest BCUT2D eigenvalue weighted by Gasteiger charge is 2.10. The van der Waals surface area contributed by atoms with Gasteiger partial charge in [0.2, 0.25) is 0 Å². The summed E-state index contributed by atoms with van der Waals surface area (Å²) in [5.74, 6) is -0.0645. The molecule has 2 heteroatoms. The molecule has 0 radical (unpaired) electrons. The minimum Gasteiger partial charge on any atom is -0.458 e. The molecule has 0 saturated heterocycles. The van der Waals surface area contributed by atoms with Crippen LogP contribution in [0.25, 0.3) is 0 Å². The first-order valence-corrected chi connectivity index (χ1v) is 11.5. The molecule has 1 rings (SSSR count). The Labute approximate surface area is 168 Å². The highest BCUT2D eigenvalue weighted by Crippen LogP contribution is 2.18. The molecule has 154 valence electrons. The third-order valence-corrected chi connectivity index (χ3v) is 5.31. The van der Waals surface area contributed by atoms with E-state index >= 15 is 0 Å². The minimum absolute atomic E-state index is 0.0645. The summed E-state index contributed by atoms with van der Waals surface area (Å²) in [6, 6.07) is 9.95. The summed E-state index contributed by atoms with van der Waals surface area (Å²) >= 11 is 0. The van der Waals surface area contributed by atoms with Crippen LogP contribution in [-0.2, 0) is 9.53 Å². The van der Waals surface area contributed by atoms with Crippen LogP contribution in [0.2, 0.25) is 0 Å². The zero-order chi connectivity index (χ0) is 19.6. The lowest BCUT2D eigenvalue weighted by atomic mass is 10.0. The molecule has 0 heterocycles. The highest BCUT2D eigenvalue weighted by molar-refractivity contribution is 5.69. The maximum absolute atomic E-state index is 11.9. The van der Waals surface area contributed by atoms with Crippen molar-refractivity contribution in [1.29, 1.82) is 0 Å². The van der Waals surface area contributed by atoms with Gasteiger partial charge in [-0.15, -0.1) is 0 Å². The van der Waals surface area contributed by atoms with E-state index in [9.17, 15) is 4.79 Å². The number of carbonyl (C=O) groups is 1. The van der Waals surface area contributed by atoms with E-state index in [1.807, 2.05) is 37.3 Å². The molecule has 0 N–H and O–H groups in total. The second-order valence-electron chi connectivity index (χ2n) is 7.89. The summed E-state index contributed by atoms with van der Waals surface area (Å²) in [5, 5.41) is 0. The summed E-state index contributed by atoms with van der Waals surface area (Å²) in [5.41, 5.74) is 1.06. The van der Waals surface area contributed by atoms with Crippen LogP contribution in [0, 0.1) is 0 Å². The van der Waals surface area contributed by atoms with E-state index in [0.717, 1.165) is 18.4 Å². The Hall–Kier alpha value is -1.31. The van der Waals surface area contributed by atoms with Gasteiger partial charge in [-0.05, 0) is 18.9 Å². The average molecular weight is 375 g/mol. The van der Waals surface area contributed by atoms with Gasteiger partial charge >= 0.3 is 5.97 Å². The van der Waals surface area contributed by atoms with E-state index in [0.29, 0.717) is 6.42 Å². The molecule has 1 atom stereocenters. The van der Waals surface area contributed by atoms with Gasteiger partial charge in [0.1, 0.15) is 6.10 Å². The normalized spacial score (nSPS) is 12.1. The molecule has 1 aromatic carbocycles. The Kier molecular flexibility index (Phi) is 14.8. The topological polar surface area (TPSA) is 26.3 Å². The summed E-state index contributed by atoms with van der Waals surface area (Å²) in [6.07, 6.45) is 19.1. The van der Waals surface area contributed by atoms with Crippen LogP contribution in [0.3, 0.4) is 0 Å². The molecule has 2 nitrogen and oxygen atoms in total. The Balaban J connectivity index is 1.85. The Morgan fingerprint density at radius 3 is 1.67 bits per heavy atom. The molecule has 0 fully saturated rings. The van der Waals surface area contributed by atoms with Crippen molar-refractivity contribution in [3.63, 3.8) is 0 Å². The lowest BCUT2D eigenvalue weighted by Crippen LogP contribution is -2.08. The van der Waals surface area contributed by atoms with Crippen LogP contribution in [0.5, 0.6) is 0 Å². The second-order valence-corrected chi connectivity index (χ2v) is 7.89. The van der Waals surface area contributed by atoms with Gasteiger partial charge in [0.25, 0.3) is 0 Å². The molecule has 0 spiro atoms. The molecular formula is C25H42O2. The van der Waals surface area contributed by atoms with E-state index in [4.69, 9.17) is 4.74 Å². The fourth-order valence-electron chi connectivity index (χ4n) is 3.51. The first-order chi connectivity index (χ1) is 13.2. The number of carbonyl (C=O) groups excluding carboxylic acids is 1. The zero-order valence-electron chi connectivity index (χ0n) is 17.9. The summed E-state index contributed by atoms with van der Waals surface area (Å²) in [7, 11) is 0. The zero-order valence-corrected chi connectivity index (χ0v) is 17.9. The highest BCUT2D eigenvalue weighted by atomic mass is 16.5. The molecular weight excluding hydrogens is 332 g/mol. The van der Waals surface area contributed by atoms with Crippen molar-refractivity contribution in [2.75, 3.05) is 0 Å². The van der Waals surface area contributed by atoms with Gasteiger partial charge in [0.15, 0.2) is 0 Å². The van der Waals surface area contributed by atoms with Crippen molar-refractivity contribution in [1.82, 2.24) is 0 Å². The third kappa shape index (κ3) is 13.5. The lowest BCUT2D eigenvalue weighted by Gasteiger charge is -2.13. The maximum atomic E-state index is 11.9. The fourth-order valence-corrected chi connectivity index (χ4v) is 3.51. The molecule has 0 aliphatic heterocycles. The number of ether oxygens (including phenoxy) is 1. The number of hydrogen-bond donors (Lipinski definition) is 0. The first kappa shape index (κ1) is 23.7. The van der Waals surface area contributed by atoms with Gasteiger partial charge in [0.05, 0.1) is 0 Å². The summed E-state index contributed by atoms with van der Waals surface area (Å²) in [4.78, 5) is 11.9. The molecule has 0 aliphatic carbocycles. The number of benzene rings is 1. The maximum Gasteiger partial charge on any atom is 0.306 e. The van der Waals surface area contributed by atoms with Crippen LogP contribution in [0.15, 0.2) is 30.3 Å². The standard InChI is InChI=1S/C25H42O2/c1-3-4-5-6-7-8-9-10-11-12-13-14-15-19-22-25(26)27-23(2)24-20-17-16-18-21-24/h16-18,20-21,23H,3-15,19,22H2,1-2H3/t23-/m1/s1. The second kappa shape index (κ2) is 16.8. The number of hydrogen-bond acceptors (Lipinski definition) is 2. The molecule has 0 aliphatic rings. The van der Waals surface area contributed by atoms with Crippen molar-refractivity contribution in [3.8, 4) is 0 Å². The van der Waals surface area contributed by atoms with E-state index < -0.39 is 0 Å². The molecule has 0 amide bonds. The van der Waals surface area contributed by atoms with Crippen LogP contribution < -0.4 is 0 Å².